The number of sulfonamides is 1. The lowest BCUT2D eigenvalue weighted by Crippen LogP contribution is -2.30. The van der Waals surface area contributed by atoms with Crippen molar-refractivity contribution in [2.75, 3.05) is 19.7 Å². The van der Waals surface area contributed by atoms with E-state index in [0.29, 0.717) is 13.1 Å². The minimum absolute atomic E-state index is 0.202. The van der Waals surface area contributed by atoms with Crippen LogP contribution in [-0.2, 0) is 26.1 Å². The fourth-order valence-corrected chi connectivity index (χ4v) is 3.58. The highest BCUT2D eigenvalue weighted by atomic mass is 32.2. The first kappa shape index (κ1) is 20.8. The van der Waals surface area contributed by atoms with E-state index < -0.39 is 21.9 Å². The van der Waals surface area contributed by atoms with Crippen LogP contribution in [0.5, 0.6) is 0 Å². The molecular weight excluding hydrogens is 342 g/mol. The maximum absolute atomic E-state index is 12.4. The van der Waals surface area contributed by atoms with Crippen molar-refractivity contribution in [1.29, 1.82) is 5.26 Å². The first-order valence-electron chi connectivity index (χ1n) is 8.05. The average Bonchev–Trinajstić information content (AvgIpc) is 2.60. The summed E-state index contributed by atoms with van der Waals surface area (Å²) in [5, 5.41) is 8.93. The molecule has 1 atom stereocenters. The van der Waals surface area contributed by atoms with Gasteiger partial charge in [-0.25, -0.2) is 8.42 Å². The normalized spacial score (nSPS) is 12.9. The number of carbonyl (C=O) groups is 1. The maximum atomic E-state index is 12.4. The Kier molecular flexibility index (Phi) is 8.25. The minimum Gasteiger partial charge on any atom is -0.465 e. The number of carbonyl (C=O) groups excluding carboxylic acids is 1. The van der Waals surface area contributed by atoms with Crippen LogP contribution in [0.15, 0.2) is 34.2 Å². The first-order valence-corrected chi connectivity index (χ1v) is 9.49. The Hall–Kier alpha value is -2.24. The van der Waals surface area contributed by atoms with E-state index in [1.54, 1.807) is 32.9 Å². The van der Waals surface area contributed by atoms with Crippen molar-refractivity contribution >= 4 is 22.2 Å². The summed E-state index contributed by atoms with van der Waals surface area (Å²) >= 11 is 0. The molecule has 0 amide bonds. The van der Waals surface area contributed by atoms with Gasteiger partial charge in [-0.15, -0.1) is 0 Å². The molecule has 0 aliphatic carbocycles. The molecule has 0 saturated heterocycles. The number of esters is 1. The van der Waals surface area contributed by atoms with Crippen LogP contribution in [-0.4, -0.2) is 44.6 Å². The van der Waals surface area contributed by atoms with Crippen molar-refractivity contribution in [3.63, 3.8) is 0 Å². The minimum atomic E-state index is -3.48. The molecule has 0 heterocycles. The van der Waals surface area contributed by atoms with Gasteiger partial charge in [-0.1, -0.05) is 26.0 Å². The zero-order valence-corrected chi connectivity index (χ0v) is 15.5. The lowest BCUT2D eigenvalue weighted by atomic mass is 10.2. The maximum Gasteiger partial charge on any atom is 0.328 e. The van der Waals surface area contributed by atoms with Gasteiger partial charge in [0.15, 0.2) is 5.92 Å². The van der Waals surface area contributed by atoms with E-state index in [0.717, 1.165) is 5.56 Å². The summed E-state index contributed by atoms with van der Waals surface area (Å²) < 4.78 is 30.9. The third kappa shape index (κ3) is 5.66. The van der Waals surface area contributed by atoms with Crippen LogP contribution in [0, 0.1) is 17.2 Å². The lowest BCUT2D eigenvalue weighted by Gasteiger charge is -2.18. The molecule has 0 radical (unpaired) electrons. The van der Waals surface area contributed by atoms with Crippen LogP contribution < -0.4 is 0 Å². The first-order chi connectivity index (χ1) is 11.9. The molecule has 1 aromatic carbocycles. The Morgan fingerprint density at radius 1 is 1.28 bits per heavy atom. The van der Waals surface area contributed by atoms with Gasteiger partial charge in [0, 0.05) is 19.3 Å². The molecule has 0 saturated carbocycles. The Morgan fingerprint density at radius 3 is 2.36 bits per heavy atom. The summed E-state index contributed by atoms with van der Waals surface area (Å²) in [5.41, 5.74) is 0.773. The van der Waals surface area contributed by atoms with Gasteiger partial charge in [-0.05, 0) is 24.6 Å². The molecule has 1 aromatic rings. The number of hydrogen-bond acceptors (Lipinski definition) is 6. The number of hydrogen-bond donors (Lipinski definition) is 0. The van der Waals surface area contributed by atoms with Crippen LogP contribution in [0.3, 0.4) is 0 Å². The van der Waals surface area contributed by atoms with Crippen molar-refractivity contribution in [2.45, 2.75) is 32.2 Å². The third-order valence-electron chi connectivity index (χ3n) is 3.47. The van der Waals surface area contributed by atoms with E-state index >= 15 is 0 Å². The van der Waals surface area contributed by atoms with E-state index in [1.807, 2.05) is 6.07 Å². The summed E-state index contributed by atoms with van der Waals surface area (Å²) in [5.74, 6) is -1.67. The van der Waals surface area contributed by atoms with Crippen molar-refractivity contribution in [3.8, 4) is 6.07 Å². The predicted octanol–water partition coefficient (Wildman–Crippen LogP) is 1.99. The SMILES string of the molecule is CCOC(=O)C(C#N)C=NCc1ccc(S(=O)(=O)N(CC)CC)cc1. The van der Waals surface area contributed by atoms with Crippen molar-refractivity contribution in [2.24, 2.45) is 10.9 Å². The van der Waals surface area contributed by atoms with Crippen LogP contribution in [0.2, 0.25) is 0 Å². The van der Waals surface area contributed by atoms with Gasteiger partial charge in [-0.3, -0.25) is 9.79 Å². The summed E-state index contributed by atoms with van der Waals surface area (Å²) in [6.07, 6.45) is 1.25. The number of rotatable bonds is 9. The Labute approximate surface area is 149 Å². The fourth-order valence-electron chi connectivity index (χ4n) is 2.12. The zero-order valence-electron chi connectivity index (χ0n) is 14.7. The van der Waals surface area contributed by atoms with E-state index in [-0.39, 0.29) is 18.0 Å². The second-order valence-electron chi connectivity index (χ2n) is 5.08. The summed E-state index contributed by atoms with van der Waals surface area (Å²) in [4.78, 5) is 15.8. The highest BCUT2D eigenvalue weighted by molar-refractivity contribution is 7.89. The molecule has 0 aliphatic rings. The van der Waals surface area contributed by atoms with Gasteiger partial charge in [0.2, 0.25) is 10.0 Å². The number of ether oxygens (including phenoxy) is 1. The van der Waals surface area contributed by atoms with Gasteiger partial charge >= 0.3 is 5.97 Å². The molecule has 7 nitrogen and oxygen atoms in total. The molecule has 0 bridgehead atoms. The summed E-state index contributed by atoms with van der Waals surface area (Å²) in [6, 6.07) is 8.22. The van der Waals surface area contributed by atoms with Crippen molar-refractivity contribution in [3.05, 3.63) is 29.8 Å². The van der Waals surface area contributed by atoms with E-state index in [2.05, 4.69) is 4.99 Å². The van der Waals surface area contributed by atoms with Gasteiger partial charge in [0.05, 0.1) is 24.1 Å². The molecular formula is C17H23N3O4S. The molecule has 1 rings (SSSR count). The smallest absolute Gasteiger partial charge is 0.328 e. The Balaban J connectivity index is 2.80. The van der Waals surface area contributed by atoms with Gasteiger partial charge in [-0.2, -0.15) is 9.57 Å². The number of nitriles is 1. The average molecular weight is 365 g/mol. The van der Waals surface area contributed by atoms with Crippen LogP contribution in [0.25, 0.3) is 0 Å². The molecule has 0 aliphatic heterocycles. The molecule has 136 valence electrons. The molecule has 0 spiro atoms. The quantitative estimate of drug-likeness (QED) is 0.492. The second kappa shape index (κ2) is 9.91. The van der Waals surface area contributed by atoms with Crippen LogP contribution in [0.4, 0.5) is 0 Å². The van der Waals surface area contributed by atoms with E-state index in [9.17, 15) is 13.2 Å². The highest BCUT2D eigenvalue weighted by Gasteiger charge is 2.21. The Morgan fingerprint density at radius 2 is 1.88 bits per heavy atom. The number of aliphatic imine (C=N–C) groups is 1. The lowest BCUT2D eigenvalue weighted by molar-refractivity contribution is -0.143. The largest absolute Gasteiger partial charge is 0.465 e. The molecule has 25 heavy (non-hydrogen) atoms. The Bertz CT molecular complexity index is 732. The fraction of sp³-hybridized carbons (Fsp3) is 0.471. The van der Waals surface area contributed by atoms with Crippen molar-refractivity contribution < 1.29 is 17.9 Å². The number of benzene rings is 1. The van der Waals surface area contributed by atoms with E-state index in [4.69, 9.17) is 10.00 Å². The third-order valence-corrected chi connectivity index (χ3v) is 5.54. The van der Waals surface area contributed by atoms with Gasteiger partial charge < -0.3 is 4.74 Å². The molecule has 1 unspecified atom stereocenters. The van der Waals surface area contributed by atoms with E-state index in [1.165, 1.54) is 22.7 Å². The van der Waals surface area contributed by atoms with Crippen LogP contribution >= 0.6 is 0 Å². The van der Waals surface area contributed by atoms with Crippen molar-refractivity contribution in [1.82, 2.24) is 4.31 Å². The molecule has 0 fully saturated rings. The standard InChI is InChI=1S/C17H23N3O4S/c1-4-20(5-2)25(22,23)16-9-7-14(8-10-16)12-19-13-15(11-18)17(21)24-6-3/h7-10,13,15H,4-6,12H2,1-3H3. The second-order valence-corrected chi connectivity index (χ2v) is 7.02. The molecule has 8 heteroatoms. The topological polar surface area (TPSA) is 99.8 Å². The number of nitrogens with zero attached hydrogens (tertiary/aromatic N) is 3. The van der Waals surface area contributed by atoms with Gasteiger partial charge in [0.25, 0.3) is 0 Å². The summed E-state index contributed by atoms with van der Waals surface area (Å²) in [7, 11) is -3.48. The van der Waals surface area contributed by atoms with Crippen LogP contribution in [0.1, 0.15) is 26.3 Å². The predicted molar refractivity (Wildman–Crippen MR) is 94.5 cm³/mol. The molecule has 0 aromatic heterocycles. The monoisotopic (exact) mass is 365 g/mol. The zero-order chi connectivity index (χ0) is 18.9. The van der Waals surface area contributed by atoms with Gasteiger partial charge in [0.1, 0.15) is 0 Å². The highest BCUT2D eigenvalue weighted by Crippen LogP contribution is 2.16. The summed E-state index contributed by atoms with van der Waals surface area (Å²) in [6.45, 7) is 6.51. The molecule has 0 N–H and O–H groups in total.